The summed E-state index contributed by atoms with van der Waals surface area (Å²) in [7, 11) is 2.75. The molecule has 0 amide bonds. The maximum absolute atomic E-state index is 13.8. The lowest BCUT2D eigenvalue weighted by Crippen LogP contribution is -2.43. The number of nitrogens with one attached hydrogen (secondary N) is 1. The van der Waals surface area contributed by atoms with Crippen LogP contribution in [0.2, 0.25) is 0 Å². The van der Waals surface area contributed by atoms with Gasteiger partial charge in [-0.2, -0.15) is 5.21 Å². The van der Waals surface area contributed by atoms with Crippen LogP contribution in [0.25, 0.3) is 33.7 Å². The number of aryl methyl sites for hydroxylation is 1. The van der Waals surface area contributed by atoms with E-state index in [2.05, 4.69) is 27.5 Å². The molecule has 3 aromatic heterocycles. The molecule has 1 N–H and O–H groups in total. The molecule has 0 aliphatic carbocycles. The molecule has 0 bridgehead atoms. The molecule has 43 heavy (non-hydrogen) atoms. The van der Waals surface area contributed by atoms with Crippen LogP contribution in [0.3, 0.4) is 0 Å². The van der Waals surface area contributed by atoms with Gasteiger partial charge in [0.05, 0.1) is 20.3 Å². The Morgan fingerprint density at radius 3 is 2.40 bits per heavy atom. The summed E-state index contributed by atoms with van der Waals surface area (Å²) in [6, 6.07) is 15.8. The zero-order valence-electron chi connectivity index (χ0n) is 24.4. The van der Waals surface area contributed by atoms with Crippen LogP contribution in [0.4, 0.5) is 0 Å². The number of carbonyl (C=O) groups excluding carboxylic acids is 1. The molecule has 5 aromatic rings. The number of benzene rings is 2. The molecule has 5 rings (SSSR count). The standard InChI is InChI=1S/C30H34N8O5/c1-4-5-6-11-24-31-28-26(29(40)38(19-25(39)43-3)30(41)36(28)16-17-42-2)37(24)18-20-12-14-21(15-13-20)22-9-7-8-10-23(22)27-32-34-35-33-27/h7-10,12-15H,4-6,11,16-19H2,1-3H3,(H,32,33,34,35). The van der Waals surface area contributed by atoms with Gasteiger partial charge < -0.3 is 14.0 Å². The number of hydrogen-bond donors (Lipinski definition) is 1. The number of H-pyrrole nitrogens is 1. The van der Waals surface area contributed by atoms with Gasteiger partial charge in [-0.15, -0.1) is 10.2 Å². The van der Waals surface area contributed by atoms with E-state index in [1.165, 1.54) is 18.8 Å². The Bertz CT molecular complexity index is 1820. The second-order valence-corrected chi connectivity index (χ2v) is 10.1. The number of hydrogen-bond acceptors (Lipinski definition) is 9. The number of unbranched alkanes of at least 4 members (excludes halogenated alkanes) is 2. The highest BCUT2D eigenvalue weighted by atomic mass is 16.5. The van der Waals surface area contributed by atoms with Gasteiger partial charge in [0, 0.05) is 25.6 Å². The van der Waals surface area contributed by atoms with Crippen molar-refractivity contribution in [2.75, 3.05) is 20.8 Å². The highest BCUT2D eigenvalue weighted by molar-refractivity contribution is 5.80. The lowest BCUT2D eigenvalue weighted by molar-refractivity contribution is -0.141. The van der Waals surface area contributed by atoms with E-state index < -0.39 is 23.8 Å². The number of imidazole rings is 1. The molecule has 0 atom stereocenters. The molecule has 224 valence electrons. The lowest BCUT2D eigenvalue weighted by atomic mass is 9.98. The van der Waals surface area contributed by atoms with Gasteiger partial charge in [0.1, 0.15) is 12.4 Å². The Kier molecular flexibility index (Phi) is 9.20. The van der Waals surface area contributed by atoms with E-state index >= 15 is 0 Å². The first-order chi connectivity index (χ1) is 21.0. The first-order valence-electron chi connectivity index (χ1n) is 14.2. The fraction of sp³-hybridized carbons (Fsp3) is 0.367. The minimum Gasteiger partial charge on any atom is -0.468 e. The molecule has 13 nitrogen and oxygen atoms in total. The summed E-state index contributed by atoms with van der Waals surface area (Å²) in [5.74, 6) is 0.514. The highest BCUT2D eigenvalue weighted by Gasteiger charge is 2.23. The van der Waals surface area contributed by atoms with Crippen LogP contribution in [0.5, 0.6) is 0 Å². The summed E-state index contributed by atoms with van der Waals surface area (Å²) in [5.41, 5.74) is 3.04. The van der Waals surface area contributed by atoms with E-state index in [1.807, 2.05) is 53.1 Å². The normalized spacial score (nSPS) is 11.3. The molecule has 13 heteroatoms. The first kappa shape index (κ1) is 29.6. The van der Waals surface area contributed by atoms with Crippen molar-refractivity contribution in [1.29, 1.82) is 0 Å². The quantitative estimate of drug-likeness (QED) is 0.162. The molecule has 0 saturated carbocycles. The minimum atomic E-state index is -0.692. The monoisotopic (exact) mass is 586 g/mol. The fourth-order valence-corrected chi connectivity index (χ4v) is 5.13. The van der Waals surface area contributed by atoms with Gasteiger partial charge in [-0.1, -0.05) is 68.3 Å². The maximum Gasteiger partial charge on any atom is 0.333 e. The average molecular weight is 587 g/mol. The summed E-state index contributed by atoms with van der Waals surface area (Å²) in [4.78, 5) is 44.2. The van der Waals surface area contributed by atoms with Crippen molar-refractivity contribution < 1.29 is 14.3 Å². The number of aromatic amines is 1. The number of esters is 1. The molecule has 0 aliphatic heterocycles. The van der Waals surface area contributed by atoms with Crippen LogP contribution in [0.15, 0.2) is 58.1 Å². The third-order valence-corrected chi connectivity index (χ3v) is 7.35. The second kappa shape index (κ2) is 13.4. The molecule has 0 radical (unpaired) electrons. The Hall–Kier alpha value is -4.91. The summed E-state index contributed by atoms with van der Waals surface area (Å²) in [5, 5.41) is 14.4. The molecule has 0 spiro atoms. The van der Waals surface area contributed by atoms with E-state index in [1.54, 1.807) is 0 Å². The number of carbonyl (C=O) groups is 1. The molecular weight excluding hydrogens is 552 g/mol. The van der Waals surface area contributed by atoms with Gasteiger partial charge in [-0.3, -0.25) is 14.2 Å². The number of fused-ring (bicyclic) bond motifs is 1. The second-order valence-electron chi connectivity index (χ2n) is 10.1. The molecular formula is C30H34N8O5. The van der Waals surface area contributed by atoms with Gasteiger partial charge in [0.25, 0.3) is 5.56 Å². The highest BCUT2D eigenvalue weighted by Crippen LogP contribution is 2.30. The summed E-state index contributed by atoms with van der Waals surface area (Å²) >= 11 is 0. The van der Waals surface area contributed by atoms with Crippen LogP contribution in [-0.2, 0) is 40.3 Å². The van der Waals surface area contributed by atoms with Crippen molar-refractivity contribution in [2.45, 2.75) is 52.2 Å². The zero-order valence-corrected chi connectivity index (χ0v) is 24.4. The molecule has 2 aromatic carbocycles. The van der Waals surface area contributed by atoms with Crippen molar-refractivity contribution in [1.82, 2.24) is 39.3 Å². The Morgan fingerprint density at radius 1 is 0.953 bits per heavy atom. The van der Waals surface area contributed by atoms with Crippen molar-refractivity contribution in [2.24, 2.45) is 0 Å². The van der Waals surface area contributed by atoms with Gasteiger partial charge in [-0.05, 0) is 28.3 Å². The van der Waals surface area contributed by atoms with Gasteiger partial charge >= 0.3 is 11.7 Å². The third kappa shape index (κ3) is 6.16. The van der Waals surface area contributed by atoms with E-state index in [0.717, 1.165) is 46.1 Å². The summed E-state index contributed by atoms with van der Waals surface area (Å²) in [6.07, 6.45) is 3.54. The Morgan fingerprint density at radius 2 is 1.72 bits per heavy atom. The number of aromatic nitrogens is 8. The number of rotatable bonds is 13. The van der Waals surface area contributed by atoms with Crippen LogP contribution in [0, 0.1) is 0 Å². The summed E-state index contributed by atoms with van der Waals surface area (Å²) < 4.78 is 14.2. The molecule has 0 aliphatic rings. The smallest absolute Gasteiger partial charge is 0.333 e. The van der Waals surface area contributed by atoms with Gasteiger partial charge in [-0.25, -0.2) is 14.3 Å². The molecule has 0 fully saturated rings. The van der Waals surface area contributed by atoms with Crippen LogP contribution < -0.4 is 11.2 Å². The fourth-order valence-electron chi connectivity index (χ4n) is 5.13. The lowest BCUT2D eigenvalue weighted by Gasteiger charge is -2.13. The zero-order chi connectivity index (χ0) is 30.3. The number of methoxy groups -OCH3 is 2. The van der Waals surface area contributed by atoms with Crippen LogP contribution >= 0.6 is 0 Å². The predicted molar refractivity (Wildman–Crippen MR) is 160 cm³/mol. The topological polar surface area (TPSA) is 152 Å². The van der Waals surface area contributed by atoms with Crippen LogP contribution in [-0.4, -0.2) is 66.1 Å². The van der Waals surface area contributed by atoms with E-state index in [0.29, 0.717) is 24.6 Å². The number of ether oxygens (including phenoxy) is 2. The third-order valence-electron chi connectivity index (χ3n) is 7.35. The van der Waals surface area contributed by atoms with Crippen molar-refractivity contribution in [3.8, 4) is 22.5 Å². The molecule has 3 heterocycles. The van der Waals surface area contributed by atoms with E-state index in [-0.39, 0.29) is 24.3 Å². The molecule has 0 saturated heterocycles. The SMILES string of the molecule is CCCCCc1nc2c(c(=O)n(CC(=O)OC)c(=O)n2CCOC)n1Cc1ccc(-c2ccccc2-c2nn[nH]n2)cc1. The van der Waals surface area contributed by atoms with Gasteiger partial charge in [0.15, 0.2) is 11.2 Å². The number of tetrazole rings is 1. The van der Waals surface area contributed by atoms with Crippen molar-refractivity contribution >= 4 is 17.1 Å². The summed E-state index contributed by atoms with van der Waals surface area (Å²) in [6.45, 7) is 2.38. The Balaban J connectivity index is 1.60. The van der Waals surface area contributed by atoms with E-state index in [9.17, 15) is 14.4 Å². The van der Waals surface area contributed by atoms with Crippen LogP contribution in [0.1, 0.15) is 37.6 Å². The molecule has 0 unspecified atom stereocenters. The van der Waals surface area contributed by atoms with Crippen molar-refractivity contribution in [3.05, 3.63) is 80.8 Å². The Labute approximate surface area is 247 Å². The predicted octanol–water partition coefficient (Wildman–Crippen LogP) is 2.81. The largest absolute Gasteiger partial charge is 0.468 e. The van der Waals surface area contributed by atoms with E-state index in [4.69, 9.17) is 14.5 Å². The maximum atomic E-state index is 13.8. The van der Waals surface area contributed by atoms with Gasteiger partial charge in [0.2, 0.25) is 5.82 Å². The first-order valence-corrected chi connectivity index (χ1v) is 14.2. The minimum absolute atomic E-state index is 0.174. The number of nitrogens with zero attached hydrogens (tertiary/aromatic N) is 7. The average Bonchev–Trinajstić information content (AvgIpc) is 3.69. The van der Waals surface area contributed by atoms with Crippen molar-refractivity contribution in [3.63, 3.8) is 0 Å².